The van der Waals surface area contributed by atoms with Crippen molar-refractivity contribution in [3.05, 3.63) is 28.2 Å². The zero-order valence-corrected chi connectivity index (χ0v) is 13.1. The molecule has 1 aliphatic rings. The summed E-state index contributed by atoms with van der Waals surface area (Å²) in [4.78, 5) is 2.46. The van der Waals surface area contributed by atoms with Crippen molar-refractivity contribution in [2.45, 2.75) is 44.7 Å². The molecule has 0 bridgehead atoms. The topological polar surface area (TPSA) is 49.5 Å². The fourth-order valence-electron chi connectivity index (χ4n) is 2.82. The van der Waals surface area contributed by atoms with Crippen LogP contribution in [0.15, 0.2) is 22.7 Å². The van der Waals surface area contributed by atoms with Gasteiger partial charge in [0.15, 0.2) is 0 Å². The fourth-order valence-corrected chi connectivity index (χ4v) is 3.44. The van der Waals surface area contributed by atoms with Gasteiger partial charge in [-0.15, -0.1) is 0 Å². The number of hydrogen-bond donors (Lipinski definition) is 2. The molecule has 2 atom stereocenters. The van der Waals surface area contributed by atoms with Crippen LogP contribution < -0.4 is 10.6 Å². The van der Waals surface area contributed by atoms with E-state index in [1.54, 1.807) is 0 Å². The molecule has 1 saturated heterocycles. The third kappa shape index (κ3) is 3.50. The van der Waals surface area contributed by atoms with Crippen molar-refractivity contribution in [1.82, 2.24) is 0 Å². The number of rotatable bonds is 5. The normalized spacial score (nSPS) is 20.8. The minimum atomic E-state index is 0.0640. The van der Waals surface area contributed by atoms with Crippen LogP contribution in [0.4, 0.5) is 5.69 Å². The highest BCUT2D eigenvalue weighted by Gasteiger charge is 2.25. The van der Waals surface area contributed by atoms with E-state index in [-0.39, 0.29) is 12.6 Å². The third-order valence-electron chi connectivity index (χ3n) is 3.88. The lowest BCUT2D eigenvalue weighted by Crippen LogP contribution is -2.29. The molecule has 1 aliphatic heterocycles. The molecule has 1 heterocycles. The molecule has 1 aromatic carbocycles. The summed E-state index contributed by atoms with van der Waals surface area (Å²) in [5, 5.41) is 8.99. The zero-order chi connectivity index (χ0) is 13.8. The molecule has 0 aliphatic carbocycles. The second-order valence-corrected chi connectivity index (χ2v) is 6.21. The van der Waals surface area contributed by atoms with Crippen LogP contribution in [0, 0.1) is 0 Å². The molecule has 106 valence electrons. The average Bonchev–Trinajstić information content (AvgIpc) is 2.84. The predicted octanol–water partition coefficient (Wildman–Crippen LogP) is 3.21. The first kappa shape index (κ1) is 14.8. The van der Waals surface area contributed by atoms with Gasteiger partial charge in [-0.25, -0.2) is 0 Å². The van der Waals surface area contributed by atoms with Gasteiger partial charge in [0.05, 0.1) is 5.69 Å². The second kappa shape index (κ2) is 6.73. The van der Waals surface area contributed by atoms with Crippen LogP contribution in [0.3, 0.4) is 0 Å². The molecule has 0 saturated carbocycles. The number of hydrogen-bond acceptors (Lipinski definition) is 3. The van der Waals surface area contributed by atoms with Gasteiger partial charge >= 0.3 is 0 Å². The molecule has 2 rings (SSSR count). The molecule has 0 amide bonds. The zero-order valence-electron chi connectivity index (χ0n) is 11.5. The van der Waals surface area contributed by atoms with E-state index in [1.165, 1.54) is 18.5 Å². The minimum absolute atomic E-state index is 0.0640. The van der Waals surface area contributed by atoms with Crippen LogP contribution in [0.2, 0.25) is 0 Å². The number of nitrogens with zero attached hydrogens (tertiary/aromatic N) is 1. The second-order valence-electron chi connectivity index (χ2n) is 5.35. The maximum absolute atomic E-state index is 8.99. The Morgan fingerprint density at radius 2 is 2.32 bits per heavy atom. The Balaban J connectivity index is 2.16. The first-order chi connectivity index (χ1) is 9.13. The molecule has 0 radical (unpaired) electrons. The van der Waals surface area contributed by atoms with Crippen molar-refractivity contribution >= 4 is 21.6 Å². The Bertz CT molecular complexity index is 423. The number of nitrogens with two attached hydrogens (primary N) is 1. The first-order valence-electron chi connectivity index (χ1n) is 7.06. The standard InChI is InChI=1S/C15H23BrN2O/c1-11(17)12-6-7-15(14(16)10-12)18-8-2-4-13(18)5-3-9-19/h6-7,10-11,13,19H,2-5,8-9,17H2,1H3/t11-,13?/m1/s1. The van der Waals surface area contributed by atoms with Crippen molar-refractivity contribution in [1.29, 1.82) is 0 Å². The van der Waals surface area contributed by atoms with Gasteiger partial charge in [0.25, 0.3) is 0 Å². The van der Waals surface area contributed by atoms with Gasteiger partial charge in [0.1, 0.15) is 0 Å². The van der Waals surface area contributed by atoms with Crippen LogP contribution in [0.25, 0.3) is 0 Å². The van der Waals surface area contributed by atoms with Crippen molar-refractivity contribution in [3.63, 3.8) is 0 Å². The van der Waals surface area contributed by atoms with E-state index >= 15 is 0 Å². The number of halogens is 1. The summed E-state index contributed by atoms with van der Waals surface area (Å²) in [5.74, 6) is 0. The van der Waals surface area contributed by atoms with Crippen LogP contribution in [0.1, 0.15) is 44.2 Å². The van der Waals surface area contributed by atoms with Crippen molar-refractivity contribution < 1.29 is 5.11 Å². The van der Waals surface area contributed by atoms with Gasteiger partial charge in [0, 0.05) is 29.7 Å². The summed E-state index contributed by atoms with van der Waals surface area (Å²) in [5.41, 5.74) is 8.33. The smallest absolute Gasteiger partial charge is 0.0513 e. The van der Waals surface area contributed by atoms with Gasteiger partial charge in [0.2, 0.25) is 0 Å². The van der Waals surface area contributed by atoms with Crippen LogP contribution >= 0.6 is 15.9 Å². The summed E-state index contributed by atoms with van der Waals surface area (Å²) >= 11 is 3.67. The van der Waals surface area contributed by atoms with E-state index in [1.807, 2.05) is 6.92 Å². The van der Waals surface area contributed by atoms with Gasteiger partial charge in [-0.1, -0.05) is 6.07 Å². The highest BCUT2D eigenvalue weighted by atomic mass is 79.9. The summed E-state index contributed by atoms with van der Waals surface area (Å²) in [6, 6.07) is 7.03. The summed E-state index contributed by atoms with van der Waals surface area (Å²) in [6.45, 7) is 3.39. The Morgan fingerprint density at radius 3 is 2.95 bits per heavy atom. The summed E-state index contributed by atoms with van der Waals surface area (Å²) < 4.78 is 1.12. The van der Waals surface area contributed by atoms with Gasteiger partial charge in [-0.05, 0) is 66.2 Å². The maximum Gasteiger partial charge on any atom is 0.0513 e. The van der Waals surface area contributed by atoms with E-state index in [4.69, 9.17) is 10.8 Å². The van der Waals surface area contributed by atoms with Crippen molar-refractivity contribution in [2.24, 2.45) is 5.73 Å². The fraction of sp³-hybridized carbons (Fsp3) is 0.600. The van der Waals surface area contributed by atoms with E-state index in [9.17, 15) is 0 Å². The number of aliphatic hydroxyl groups excluding tert-OH is 1. The van der Waals surface area contributed by atoms with Crippen molar-refractivity contribution in [2.75, 3.05) is 18.1 Å². The lowest BCUT2D eigenvalue weighted by molar-refractivity contribution is 0.279. The Morgan fingerprint density at radius 1 is 1.53 bits per heavy atom. The van der Waals surface area contributed by atoms with Gasteiger partial charge < -0.3 is 15.7 Å². The largest absolute Gasteiger partial charge is 0.396 e. The molecule has 1 fully saturated rings. The first-order valence-corrected chi connectivity index (χ1v) is 7.85. The van der Waals surface area contributed by atoms with Gasteiger partial charge in [-0.3, -0.25) is 0 Å². The van der Waals surface area contributed by atoms with Crippen LogP contribution in [0.5, 0.6) is 0 Å². The molecule has 0 aromatic heterocycles. The lowest BCUT2D eigenvalue weighted by Gasteiger charge is -2.28. The SMILES string of the molecule is C[C@@H](N)c1ccc(N2CCCC2CCCO)c(Br)c1. The molecule has 0 spiro atoms. The molecule has 4 heteroatoms. The Kier molecular flexibility index (Phi) is 5.25. The quantitative estimate of drug-likeness (QED) is 0.873. The van der Waals surface area contributed by atoms with E-state index in [0.29, 0.717) is 6.04 Å². The monoisotopic (exact) mass is 326 g/mol. The predicted molar refractivity (Wildman–Crippen MR) is 83.4 cm³/mol. The molecular formula is C15H23BrN2O. The number of benzene rings is 1. The lowest BCUT2D eigenvalue weighted by atomic mass is 10.1. The third-order valence-corrected chi connectivity index (χ3v) is 4.51. The van der Waals surface area contributed by atoms with Gasteiger partial charge in [-0.2, -0.15) is 0 Å². The molecular weight excluding hydrogens is 304 g/mol. The highest BCUT2D eigenvalue weighted by Crippen LogP contribution is 2.34. The van der Waals surface area contributed by atoms with E-state index in [2.05, 4.69) is 39.0 Å². The van der Waals surface area contributed by atoms with E-state index < -0.39 is 0 Å². The molecule has 1 aromatic rings. The van der Waals surface area contributed by atoms with Crippen LogP contribution in [-0.4, -0.2) is 24.3 Å². The van der Waals surface area contributed by atoms with Crippen molar-refractivity contribution in [3.8, 4) is 0 Å². The average molecular weight is 327 g/mol. The summed E-state index contributed by atoms with van der Waals surface area (Å²) in [6.07, 6.45) is 4.41. The molecule has 3 nitrogen and oxygen atoms in total. The molecule has 3 N–H and O–H groups in total. The summed E-state index contributed by atoms with van der Waals surface area (Å²) in [7, 11) is 0. The Hall–Kier alpha value is -0.580. The number of anilines is 1. The molecule has 19 heavy (non-hydrogen) atoms. The Labute approximate surface area is 123 Å². The number of aliphatic hydroxyl groups is 1. The van der Waals surface area contributed by atoms with E-state index in [0.717, 1.165) is 29.4 Å². The maximum atomic E-state index is 8.99. The molecule has 1 unspecified atom stereocenters. The minimum Gasteiger partial charge on any atom is -0.396 e. The van der Waals surface area contributed by atoms with Crippen LogP contribution in [-0.2, 0) is 0 Å². The highest BCUT2D eigenvalue weighted by molar-refractivity contribution is 9.10.